The van der Waals surface area contributed by atoms with Crippen molar-refractivity contribution >= 4 is 56.8 Å². The first-order valence-electron chi connectivity index (χ1n) is 12.0. The van der Waals surface area contributed by atoms with Crippen LogP contribution in [-0.4, -0.2) is 53.6 Å². The van der Waals surface area contributed by atoms with Gasteiger partial charge in [-0.1, -0.05) is 29.5 Å². The molecule has 0 N–H and O–H groups in total. The van der Waals surface area contributed by atoms with Gasteiger partial charge < -0.3 is 18.9 Å². The summed E-state index contributed by atoms with van der Waals surface area (Å²) in [4.78, 5) is 44.3. The normalized spacial score (nSPS) is 13.5. The highest BCUT2D eigenvalue weighted by Gasteiger charge is 2.22. The lowest BCUT2D eigenvalue weighted by atomic mass is 10.0. The van der Waals surface area contributed by atoms with Gasteiger partial charge in [0, 0.05) is 12.2 Å². The summed E-state index contributed by atoms with van der Waals surface area (Å²) in [6.07, 6.45) is 1.90. The maximum atomic E-state index is 12.8. The summed E-state index contributed by atoms with van der Waals surface area (Å²) in [6, 6.07) is 13.5. The second-order valence-electron chi connectivity index (χ2n) is 8.11. The van der Waals surface area contributed by atoms with Crippen LogP contribution in [0.15, 0.2) is 47.5 Å². The van der Waals surface area contributed by atoms with Gasteiger partial charge in [0.1, 0.15) is 12.3 Å². The smallest absolute Gasteiger partial charge is 0.326 e. The maximum absolute atomic E-state index is 12.8. The number of thiazole rings is 1. The number of aryl methyl sites for hydroxylation is 1. The SMILES string of the molecule is CCOC(=O)Cn1c(=NC(=O)CSCC(=O)N2CCCc3ccccc32)sc2cc(OCC)ccc21. The molecule has 0 saturated carbocycles. The van der Waals surface area contributed by atoms with Crippen molar-refractivity contribution in [3.63, 3.8) is 0 Å². The second-order valence-corrected chi connectivity index (χ2v) is 10.1. The summed E-state index contributed by atoms with van der Waals surface area (Å²) in [6.45, 7) is 5.11. The molecule has 36 heavy (non-hydrogen) atoms. The fraction of sp³-hybridized carbons (Fsp3) is 0.385. The van der Waals surface area contributed by atoms with E-state index < -0.39 is 5.97 Å². The van der Waals surface area contributed by atoms with Gasteiger partial charge in [-0.3, -0.25) is 14.4 Å². The van der Waals surface area contributed by atoms with E-state index in [2.05, 4.69) is 11.1 Å². The molecule has 2 aromatic carbocycles. The van der Waals surface area contributed by atoms with Crippen LogP contribution < -0.4 is 14.4 Å². The van der Waals surface area contributed by atoms with E-state index in [4.69, 9.17) is 9.47 Å². The standard InChI is InChI=1S/C26H29N3O5S2/c1-3-33-19-11-12-21-22(14-19)36-26(29(21)15-25(32)34-4-2)27-23(30)16-35-17-24(31)28-13-7-9-18-8-5-6-10-20(18)28/h5-6,8,10-12,14H,3-4,7,9,13,15-17H2,1-2H3. The molecule has 0 bridgehead atoms. The Hall–Kier alpha value is -3.11. The summed E-state index contributed by atoms with van der Waals surface area (Å²) >= 11 is 2.56. The van der Waals surface area contributed by atoms with Crippen LogP contribution >= 0.6 is 23.1 Å². The summed E-state index contributed by atoms with van der Waals surface area (Å²) in [7, 11) is 0. The zero-order valence-electron chi connectivity index (χ0n) is 20.4. The van der Waals surface area contributed by atoms with Crippen molar-refractivity contribution in [3.05, 3.63) is 52.8 Å². The van der Waals surface area contributed by atoms with Crippen LogP contribution in [0.2, 0.25) is 0 Å². The molecule has 1 aromatic heterocycles. The van der Waals surface area contributed by atoms with Crippen LogP contribution in [0.25, 0.3) is 10.2 Å². The van der Waals surface area contributed by atoms with Gasteiger partial charge >= 0.3 is 5.97 Å². The van der Waals surface area contributed by atoms with Gasteiger partial charge in [-0.25, -0.2) is 0 Å². The van der Waals surface area contributed by atoms with Crippen molar-refractivity contribution in [1.82, 2.24) is 4.57 Å². The fourth-order valence-electron chi connectivity index (χ4n) is 4.12. The van der Waals surface area contributed by atoms with E-state index >= 15 is 0 Å². The number of thioether (sulfide) groups is 1. The molecule has 0 radical (unpaired) electrons. The number of para-hydroxylation sites is 1. The van der Waals surface area contributed by atoms with Crippen LogP contribution in [0, 0.1) is 0 Å². The summed E-state index contributed by atoms with van der Waals surface area (Å²) < 4.78 is 13.2. The molecule has 0 saturated heterocycles. The van der Waals surface area contributed by atoms with Crippen molar-refractivity contribution in [1.29, 1.82) is 0 Å². The zero-order valence-corrected chi connectivity index (χ0v) is 22.0. The third kappa shape index (κ3) is 6.17. The number of ether oxygens (including phenoxy) is 2. The average Bonchev–Trinajstić information content (AvgIpc) is 3.19. The Morgan fingerprint density at radius 2 is 1.92 bits per heavy atom. The number of benzene rings is 2. The molecule has 0 aliphatic carbocycles. The van der Waals surface area contributed by atoms with Crippen LogP contribution in [0.5, 0.6) is 5.75 Å². The van der Waals surface area contributed by atoms with Gasteiger partial charge in [0.15, 0.2) is 4.80 Å². The first-order chi connectivity index (χ1) is 17.5. The fourth-order valence-corrected chi connectivity index (χ4v) is 5.87. The lowest BCUT2D eigenvalue weighted by Gasteiger charge is -2.29. The first kappa shape index (κ1) is 26.0. The molecule has 8 nitrogen and oxygen atoms in total. The lowest BCUT2D eigenvalue weighted by molar-refractivity contribution is -0.143. The number of hydrogen-bond acceptors (Lipinski definition) is 7. The molecule has 190 valence electrons. The maximum Gasteiger partial charge on any atom is 0.326 e. The molecule has 10 heteroatoms. The number of fused-ring (bicyclic) bond motifs is 2. The lowest BCUT2D eigenvalue weighted by Crippen LogP contribution is -2.36. The first-order valence-corrected chi connectivity index (χ1v) is 13.9. The molecule has 0 unspecified atom stereocenters. The van der Waals surface area contributed by atoms with E-state index in [0.29, 0.717) is 23.7 Å². The van der Waals surface area contributed by atoms with E-state index in [9.17, 15) is 14.4 Å². The molecule has 2 amide bonds. The van der Waals surface area contributed by atoms with Gasteiger partial charge in [-0.05, 0) is 56.5 Å². The third-order valence-corrected chi connectivity index (χ3v) is 7.58. The molecule has 1 aliphatic rings. The number of rotatable bonds is 9. The number of anilines is 1. The Morgan fingerprint density at radius 1 is 1.08 bits per heavy atom. The zero-order chi connectivity index (χ0) is 25.5. The highest BCUT2D eigenvalue weighted by molar-refractivity contribution is 8.00. The van der Waals surface area contributed by atoms with Gasteiger partial charge in [0.2, 0.25) is 5.91 Å². The van der Waals surface area contributed by atoms with Crippen LogP contribution in [0.3, 0.4) is 0 Å². The minimum Gasteiger partial charge on any atom is -0.494 e. The molecule has 3 aromatic rings. The van der Waals surface area contributed by atoms with Crippen LogP contribution in [0.4, 0.5) is 5.69 Å². The number of esters is 1. The number of nitrogens with zero attached hydrogens (tertiary/aromatic N) is 3. The summed E-state index contributed by atoms with van der Waals surface area (Å²) in [5, 5.41) is 0. The number of amides is 2. The Labute approximate surface area is 217 Å². The molecular weight excluding hydrogens is 498 g/mol. The highest BCUT2D eigenvalue weighted by Crippen LogP contribution is 2.27. The minimum atomic E-state index is -0.401. The topological polar surface area (TPSA) is 90.2 Å². The van der Waals surface area contributed by atoms with Crippen molar-refractivity contribution in [2.24, 2.45) is 4.99 Å². The molecule has 2 heterocycles. The predicted molar refractivity (Wildman–Crippen MR) is 143 cm³/mol. The van der Waals surface area contributed by atoms with Crippen molar-refractivity contribution in [2.75, 3.05) is 36.2 Å². The Morgan fingerprint density at radius 3 is 2.72 bits per heavy atom. The van der Waals surface area contributed by atoms with Crippen LogP contribution in [0.1, 0.15) is 25.8 Å². The van der Waals surface area contributed by atoms with Gasteiger partial charge in [0.25, 0.3) is 5.91 Å². The van der Waals surface area contributed by atoms with E-state index in [1.807, 2.05) is 48.2 Å². The Kier molecular flexibility index (Phi) is 8.82. The molecular formula is C26H29N3O5S2. The molecule has 0 atom stereocenters. The van der Waals surface area contributed by atoms with E-state index in [1.165, 1.54) is 28.7 Å². The van der Waals surface area contributed by atoms with Crippen molar-refractivity contribution in [3.8, 4) is 5.75 Å². The largest absolute Gasteiger partial charge is 0.494 e. The molecule has 0 fully saturated rings. The number of hydrogen-bond donors (Lipinski definition) is 0. The number of carbonyl (C=O) groups is 3. The summed E-state index contributed by atoms with van der Waals surface area (Å²) in [5.41, 5.74) is 2.91. The monoisotopic (exact) mass is 527 g/mol. The third-order valence-electron chi connectivity index (χ3n) is 5.64. The Bertz CT molecular complexity index is 1330. The van der Waals surface area contributed by atoms with Crippen molar-refractivity contribution < 1.29 is 23.9 Å². The highest BCUT2D eigenvalue weighted by atomic mass is 32.2. The Balaban J connectivity index is 1.47. The quantitative estimate of drug-likeness (QED) is 0.393. The van der Waals surface area contributed by atoms with Gasteiger partial charge in [-0.2, -0.15) is 4.99 Å². The second kappa shape index (κ2) is 12.2. The summed E-state index contributed by atoms with van der Waals surface area (Å²) in [5.74, 6) is 0.202. The van der Waals surface area contributed by atoms with Gasteiger partial charge in [0.05, 0.1) is 34.9 Å². The predicted octanol–water partition coefficient (Wildman–Crippen LogP) is 3.80. The van der Waals surface area contributed by atoms with E-state index in [-0.39, 0.29) is 36.5 Å². The van der Waals surface area contributed by atoms with E-state index in [0.717, 1.165) is 28.7 Å². The van der Waals surface area contributed by atoms with E-state index in [1.54, 1.807) is 11.5 Å². The molecule has 4 rings (SSSR count). The number of carbonyl (C=O) groups excluding carboxylic acids is 3. The van der Waals surface area contributed by atoms with Crippen molar-refractivity contribution in [2.45, 2.75) is 33.2 Å². The molecule has 0 spiro atoms. The van der Waals surface area contributed by atoms with Gasteiger partial charge in [-0.15, -0.1) is 11.8 Å². The average molecular weight is 528 g/mol. The number of aromatic nitrogens is 1. The molecule has 1 aliphatic heterocycles. The minimum absolute atomic E-state index is 0.0114. The van der Waals surface area contributed by atoms with Crippen LogP contribution in [-0.2, 0) is 32.1 Å².